The molecule has 1 fully saturated rings. The molecule has 1 saturated heterocycles. The van der Waals surface area contributed by atoms with E-state index in [4.69, 9.17) is 5.73 Å². The minimum atomic E-state index is -0.133. The summed E-state index contributed by atoms with van der Waals surface area (Å²) in [5.74, 6) is 0. The minimum Gasteiger partial charge on any atom is -0.394 e. The Kier molecular flexibility index (Phi) is 4.42. The third kappa shape index (κ3) is 3.34. The number of halogens is 1. The van der Waals surface area contributed by atoms with E-state index in [1.165, 1.54) is 0 Å². The van der Waals surface area contributed by atoms with E-state index >= 15 is 0 Å². The molecule has 0 amide bonds. The average molecular weight is 315 g/mol. The van der Waals surface area contributed by atoms with Crippen LogP contribution in [0.4, 0.5) is 5.69 Å². The lowest BCUT2D eigenvalue weighted by atomic mass is 10.3. The van der Waals surface area contributed by atoms with Crippen LogP contribution in [0, 0.1) is 0 Å². The van der Waals surface area contributed by atoms with Crippen LogP contribution in [0.1, 0.15) is 0 Å². The molecule has 18 heavy (non-hydrogen) atoms. The van der Waals surface area contributed by atoms with Gasteiger partial charge in [0.2, 0.25) is 5.43 Å². The van der Waals surface area contributed by atoms with E-state index in [9.17, 15) is 4.79 Å². The van der Waals surface area contributed by atoms with Crippen LogP contribution in [0.25, 0.3) is 0 Å². The molecule has 2 N–H and O–H groups in total. The SMILES string of the molecule is CN1CCN(CCn2cc(N)c(=O)c(Br)c2)CC1. The first-order valence-corrected chi connectivity index (χ1v) is 6.91. The van der Waals surface area contributed by atoms with Crippen LogP contribution in [0.15, 0.2) is 21.7 Å². The Balaban J connectivity index is 1.92. The zero-order chi connectivity index (χ0) is 13.1. The number of hydrogen-bond donors (Lipinski definition) is 1. The van der Waals surface area contributed by atoms with Gasteiger partial charge in [-0.15, -0.1) is 0 Å². The molecule has 2 rings (SSSR count). The molecule has 0 spiro atoms. The Morgan fingerprint density at radius 2 is 1.89 bits per heavy atom. The highest BCUT2D eigenvalue weighted by Crippen LogP contribution is 2.07. The van der Waals surface area contributed by atoms with Gasteiger partial charge in [-0.05, 0) is 23.0 Å². The first-order valence-electron chi connectivity index (χ1n) is 6.12. The molecule has 1 aromatic heterocycles. The Morgan fingerprint density at radius 3 is 2.50 bits per heavy atom. The second kappa shape index (κ2) is 5.86. The van der Waals surface area contributed by atoms with E-state index in [0.717, 1.165) is 39.3 Å². The first-order chi connectivity index (χ1) is 8.56. The highest BCUT2D eigenvalue weighted by Gasteiger charge is 2.13. The maximum absolute atomic E-state index is 11.5. The topological polar surface area (TPSA) is 54.5 Å². The molecule has 1 aliphatic heterocycles. The van der Waals surface area contributed by atoms with Crippen LogP contribution in [0.5, 0.6) is 0 Å². The number of pyridine rings is 1. The van der Waals surface area contributed by atoms with Crippen molar-refractivity contribution in [2.24, 2.45) is 0 Å². The van der Waals surface area contributed by atoms with Gasteiger partial charge >= 0.3 is 0 Å². The summed E-state index contributed by atoms with van der Waals surface area (Å²) in [5.41, 5.74) is 5.83. The van der Waals surface area contributed by atoms with Crippen molar-refractivity contribution >= 4 is 21.6 Å². The Labute approximate surface area is 115 Å². The Hall–Kier alpha value is -0.850. The minimum absolute atomic E-state index is 0.133. The lowest BCUT2D eigenvalue weighted by Gasteiger charge is -2.32. The molecule has 0 aromatic carbocycles. The molecular formula is C12H19BrN4O. The van der Waals surface area contributed by atoms with E-state index in [0.29, 0.717) is 10.2 Å². The molecule has 0 aliphatic carbocycles. The number of piperazine rings is 1. The van der Waals surface area contributed by atoms with Crippen LogP contribution in [0.2, 0.25) is 0 Å². The fourth-order valence-electron chi connectivity index (χ4n) is 2.07. The number of hydrogen-bond acceptors (Lipinski definition) is 4. The summed E-state index contributed by atoms with van der Waals surface area (Å²) in [5, 5.41) is 0. The van der Waals surface area contributed by atoms with Crippen molar-refractivity contribution in [3.8, 4) is 0 Å². The molecule has 0 unspecified atom stereocenters. The summed E-state index contributed by atoms with van der Waals surface area (Å²) < 4.78 is 2.50. The van der Waals surface area contributed by atoms with Crippen molar-refractivity contribution in [2.75, 3.05) is 45.5 Å². The van der Waals surface area contributed by atoms with E-state index in [1.54, 1.807) is 12.4 Å². The van der Waals surface area contributed by atoms with Crippen LogP contribution < -0.4 is 11.2 Å². The molecule has 0 bridgehead atoms. The van der Waals surface area contributed by atoms with Gasteiger partial charge in [-0.3, -0.25) is 9.69 Å². The van der Waals surface area contributed by atoms with E-state index in [2.05, 4.69) is 32.8 Å². The zero-order valence-electron chi connectivity index (χ0n) is 10.6. The monoisotopic (exact) mass is 314 g/mol. The molecule has 1 aliphatic rings. The predicted molar refractivity (Wildman–Crippen MR) is 76.8 cm³/mol. The first kappa shape index (κ1) is 13.6. The predicted octanol–water partition coefficient (Wildman–Crippen LogP) is 0.440. The third-order valence-electron chi connectivity index (χ3n) is 3.33. The summed E-state index contributed by atoms with van der Waals surface area (Å²) in [6.07, 6.45) is 3.51. The Morgan fingerprint density at radius 1 is 1.22 bits per heavy atom. The molecule has 0 saturated carbocycles. The molecule has 1 aromatic rings. The molecule has 6 heteroatoms. The smallest absolute Gasteiger partial charge is 0.218 e. The van der Waals surface area contributed by atoms with Gasteiger partial charge in [-0.1, -0.05) is 0 Å². The van der Waals surface area contributed by atoms with Gasteiger partial charge in [-0.25, -0.2) is 0 Å². The van der Waals surface area contributed by atoms with Gasteiger partial charge in [0, 0.05) is 51.7 Å². The normalized spacial score (nSPS) is 18.1. The molecule has 5 nitrogen and oxygen atoms in total. The summed E-state index contributed by atoms with van der Waals surface area (Å²) in [4.78, 5) is 16.2. The fraction of sp³-hybridized carbons (Fsp3) is 0.583. The molecule has 100 valence electrons. The number of aromatic nitrogens is 1. The number of anilines is 1. The van der Waals surface area contributed by atoms with Crippen molar-refractivity contribution in [2.45, 2.75) is 6.54 Å². The number of nitrogen functional groups attached to an aromatic ring is 1. The van der Waals surface area contributed by atoms with Crippen molar-refractivity contribution in [3.63, 3.8) is 0 Å². The molecule has 0 radical (unpaired) electrons. The van der Waals surface area contributed by atoms with Crippen LogP contribution >= 0.6 is 15.9 Å². The second-order valence-electron chi connectivity index (χ2n) is 4.77. The quantitative estimate of drug-likeness (QED) is 0.879. The van der Waals surface area contributed by atoms with Crippen LogP contribution in [0.3, 0.4) is 0 Å². The number of nitrogens with two attached hydrogens (primary N) is 1. The summed E-state index contributed by atoms with van der Waals surface area (Å²) >= 11 is 3.24. The maximum atomic E-state index is 11.5. The van der Waals surface area contributed by atoms with Gasteiger partial charge in [0.15, 0.2) is 0 Å². The standard InChI is InChI=1S/C12H19BrN4O/c1-15-2-4-16(5-3-15)6-7-17-8-10(13)12(18)11(14)9-17/h8-9H,2-7,14H2,1H3. The van der Waals surface area contributed by atoms with Gasteiger partial charge in [0.05, 0.1) is 10.2 Å². The number of likely N-dealkylation sites (N-methyl/N-ethyl adjacent to an activating group) is 1. The number of rotatable bonds is 3. The van der Waals surface area contributed by atoms with Crippen molar-refractivity contribution in [1.29, 1.82) is 0 Å². The van der Waals surface area contributed by atoms with Crippen molar-refractivity contribution in [1.82, 2.24) is 14.4 Å². The highest BCUT2D eigenvalue weighted by molar-refractivity contribution is 9.10. The molecular weight excluding hydrogens is 296 g/mol. The lowest BCUT2D eigenvalue weighted by Crippen LogP contribution is -2.45. The van der Waals surface area contributed by atoms with Crippen LogP contribution in [-0.2, 0) is 6.54 Å². The van der Waals surface area contributed by atoms with Crippen molar-refractivity contribution in [3.05, 3.63) is 27.1 Å². The summed E-state index contributed by atoms with van der Waals surface area (Å²) in [6.45, 7) is 6.29. The maximum Gasteiger partial charge on any atom is 0.218 e. The largest absolute Gasteiger partial charge is 0.394 e. The summed E-state index contributed by atoms with van der Waals surface area (Å²) in [6, 6.07) is 0. The van der Waals surface area contributed by atoms with Gasteiger partial charge in [0.1, 0.15) is 0 Å². The van der Waals surface area contributed by atoms with E-state index in [1.807, 2.05) is 4.57 Å². The zero-order valence-corrected chi connectivity index (χ0v) is 12.2. The molecule has 2 heterocycles. The van der Waals surface area contributed by atoms with Gasteiger partial charge < -0.3 is 15.2 Å². The summed E-state index contributed by atoms with van der Waals surface area (Å²) in [7, 11) is 2.15. The second-order valence-corrected chi connectivity index (χ2v) is 5.63. The van der Waals surface area contributed by atoms with E-state index < -0.39 is 0 Å². The number of nitrogens with zero attached hydrogens (tertiary/aromatic N) is 3. The lowest BCUT2D eigenvalue weighted by molar-refractivity contribution is 0.150. The fourth-order valence-corrected chi connectivity index (χ4v) is 2.57. The van der Waals surface area contributed by atoms with Crippen molar-refractivity contribution < 1.29 is 0 Å². The van der Waals surface area contributed by atoms with Gasteiger partial charge in [-0.2, -0.15) is 0 Å². The molecule has 0 atom stereocenters. The third-order valence-corrected chi connectivity index (χ3v) is 3.90. The van der Waals surface area contributed by atoms with E-state index in [-0.39, 0.29) is 5.43 Å². The average Bonchev–Trinajstić information content (AvgIpc) is 2.35. The highest BCUT2D eigenvalue weighted by atomic mass is 79.9. The Bertz CT molecular complexity index is 439. The van der Waals surface area contributed by atoms with Crippen LogP contribution in [-0.4, -0.2) is 54.1 Å². The van der Waals surface area contributed by atoms with Gasteiger partial charge in [0.25, 0.3) is 0 Å².